The van der Waals surface area contributed by atoms with Crippen LogP contribution < -0.4 is 4.74 Å². The van der Waals surface area contributed by atoms with Gasteiger partial charge in [-0.15, -0.1) is 0 Å². The van der Waals surface area contributed by atoms with Crippen molar-refractivity contribution >= 4 is 11.9 Å². The summed E-state index contributed by atoms with van der Waals surface area (Å²) in [5.74, 6) is -7.06. The first kappa shape index (κ1) is 24.8. The highest BCUT2D eigenvalue weighted by Crippen LogP contribution is 2.41. The van der Waals surface area contributed by atoms with E-state index in [0.29, 0.717) is 26.1 Å². The number of alkyl halides is 5. The molecule has 0 aromatic heterocycles. The summed E-state index contributed by atoms with van der Waals surface area (Å²) in [7, 11) is 0. The van der Waals surface area contributed by atoms with Gasteiger partial charge in [0.2, 0.25) is 0 Å². The number of hydrogen-bond donors (Lipinski definition) is 0. The molecule has 0 N–H and O–H groups in total. The zero-order valence-corrected chi connectivity index (χ0v) is 16.1. The predicted octanol–water partition coefficient (Wildman–Crippen LogP) is 4.93. The number of carbonyl (C=O) groups excluding carboxylic acids is 2. The van der Waals surface area contributed by atoms with E-state index in [9.17, 15) is 31.5 Å². The lowest BCUT2D eigenvalue weighted by molar-refractivity contribution is -0.312. The van der Waals surface area contributed by atoms with E-state index in [0.717, 1.165) is 19.1 Å². The Balaban J connectivity index is 2.81. The minimum absolute atomic E-state index is 0.00206. The van der Waals surface area contributed by atoms with Gasteiger partial charge in [-0.2, -0.15) is 22.0 Å². The molecule has 0 aliphatic heterocycles. The Morgan fingerprint density at radius 3 is 2.14 bits per heavy atom. The molecule has 10 heteroatoms. The van der Waals surface area contributed by atoms with Crippen LogP contribution in [0.1, 0.15) is 49.9 Å². The number of halogens is 5. The van der Waals surface area contributed by atoms with E-state index >= 15 is 0 Å². The summed E-state index contributed by atoms with van der Waals surface area (Å²) in [6, 6.07) is 4.60. The molecule has 0 bridgehead atoms. The number of ether oxygens (including phenoxy) is 3. The smallest absolute Gasteiger partial charge is 0.452 e. The third kappa shape index (κ3) is 7.96. The first-order chi connectivity index (χ1) is 13.5. The largest absolute Gasteiger partial charge is 0.457 e. The maximum atomic E-state index is 13.8. The van der Waals surface area contributed by atoms with Crippen molar-refractivity contribution in [2.45, 2.75) is 57.7 Å². The molecule has 1 aromatic rings. The summed E-state index contributed by atoms with van der Waals surface area (Å²) < 4.78 is 80.3. The molecule has 0 heterocycles. The summed E-state index contributed by atoms with van der Waals surface area (Å²) in [4.78, 5) is 22.9. The first-order valence-corrected chi connectivity index (χ1v) is 9.00. The van der Waals surface area contributed by atoms with Crippen molar-refractivity contribution in [1.29, 1.82) is 0 Å². The number of rotatable bonds is 11. The highest BCUT2D eigenvalue weighted by atomic mass is 19.4. The Bertz CT molecular complexity index is 658. The lowest BCUT2D eigenvalue weighted by atomic mass is 10.0. The molecule has 1 unspecified atom stereocenters. The Labute approximate surface area is 165 Å². The predicted molar refractivity (Wildman–Crippen MR) is 92.9 cm³/mol. The lowest BCUT2D eigenvalue weighted by Gasteiger charge is -2.28. The van der Waals surface area contributed by atoms with Gasteiger partial charge in [-0.05, 0) is 50.5 Å². The van der Waals surface area contributed by atoms with Gasteiger partial charge >= 0.3 is 24.0 Å². The van der Waals surface area contributed by atoms with E-state index in [1.54, 1.807) is 6.92 Å². The van der Waals surface area contributed by atoms with E-state index in [1.807, 2.05) is 0 Å². The van der Waals surface area contributed by atoms with Crippen LogP contribution in [0.4, 0.5) is 22.0 Å². The molecular formula is C19H23F5O5. The zero-order chi connectivity index (χ0) is 22.1. The molecule has 1 atom stereocenters. The lowest BCUT2D eigenvalue weighted by Crippen LogP contribution is -2.49. The van der Waals surface area contributed by atoms with Crippen LogP contribution in [0.3, 0.4) is 0 Å². The van der Waals surface area contributed by atoms with Crippen LogP contribution in [0.5, 0.6) is 5.75 Å². The van der Waals surface area contributed by atoms with Crippen LogP contribution in [0.25, 0.3) is 0 Å². The molecule has 164 valence electrons. The Kier molecular flexibility index (Phi) is 9.48. The molecule has 0 fully saturated rings. The summed E-state index contributed by atoms with van der Waals surface area (Å²) in [5.41, 5.74) is -0.250. The van der Waals surface area contributed by atoms with Crippen molar-refractivity contribution < 1.29 is 45.8 Å². The molecular weight excluding hydrogens is 403 g/mol. The van der Waals surface area contributed by atoms with Gasteiger partial charge in [0.25, 0.3) is 0 Å². The van der Waals surface area contributed by atoms with Gasteiger partial charge in [0.15, 0.2) is 6.10 Å². The van der Waals surface area contributed by atoms with Crippen LogP contribution in [-0.2, 0) is 14.3 Å². The summed E-state index contributed by atoms with van der Waals surface area (Å²) in [5, 5.41) is 0. The standard InChI is InChI=1S/C19H23F5O5/c1-3-27-12-6-4-5-7-16(18(20,21)19(22,23)24)29-17(26)14-8-10-15(11-9-14)28-13(2)25/h8-11,16H,3-7,12H2,1-2H3. The van der Waals surface area contributed by atoms with Crippen molar-refractivity contribution in [3.05, 3.63) is 29.8 Å². The van der Waals surface area contributed by atoms with E-state index < -0.39 is 36.6 Å². The summed E-state index contributed by atoms with van der Waals surface area (Å²) in [6.45, 7) is 3.77. The van der Waals surface area contributed by atoms with E-state index in [-0.39, 0.29) is 17.7 Å². The topological polar surface area (TPSA) is 61.8 Å². The van der Waals surface area contributed by atoms with Crippen molar-refractivity contribution in [2.24, 2.45) is 0 Å². The van der Waals surface area contributed by atoms with Crippen LogP contribution in [0, 0.1) is 0 Å². The molecule has 0 saturated heterocycles. The van der Waals surface area contributed by atoms with E-state index in [2.05, 4.69) is 4.74 Å². The number of unbranched alkanes of at least 4 members (excludes halogenated alkanes) is 2. The monoisotopic (exact) mass is 426 g/mol. The molecule has 5 nitrogen and oxygen atoms in total. The van der Waals surface area contributed by atoms with Crippen molar-refractivity contribution in [3.63, 3.8) is 0 Å². The average molecular weight is 426 g/mol. The molecule has 0 spiro atoms. The van der Waals surface area contributed by atoms with Crippen molar-refractivity contribution in [3.8, 4) is 5.75 Å². The summed E-state index contributed by atoms with van der Waals surface area (Å²) in [6.07, 6.45) is -8.33. The van der Waals surface area contributed by atoms with Gasteiger partial charge in [-0.25, -0.2) is 4.79 Å². The number of hydrogen-bond acceptors (Lipinski definition) is 5. The third-order valence-electron chi connectivity index (χ3n) is 3.84. The SMILES string of the molecule is CCOCCCCCC(OC(=O)c1ccc(OC(C)=O)cc1)C(F)(F)C(F)(F)F. The number of esters is 2. The quantitative estimate of drug-likeness (QED) is 0.217. The molecule has 0 radical (unpaired) electrons. The minimum atomic E-state index is -5.86. The van der Waals surface area contributed by atoms with Gasteiger partial charge < -0.3 is 14.2 Å². The maximum absolute atomic E-state index is 13.8. The first-order valence-electron chi connectivity index (χ1n) is 9.00. The second-order valence-corrected chi connectivity index (χ2v) is 6.18. The van der Waals surface area contributed by atoms with Gasteiger partial charge in [0, 0.05) is 20.1 Å². The average Bonchev–Trinajstić information content (AvgIpc) is 2.62. The maximum Gasteiger partial charge on any atom is 0.457 e. The Morgan fingerprint density at radius 1 is 1.00 bits per heavy atom. The molecule has 1 rings (SSSR count). The fourth-order valence-electron chi connectivity index (χ4n) is 2.37. The summed E-state index contributed by atoms with van der Waals surface area (Å²) >= 11 is 0. The van der Waals surface area contributed by atoms with Crippen LogP contribution in [0.15, 0.2) is 24.3 Å². The normalized spacial score (nSPS) is 13.1. The van der Waals surface area contributed by atoms with Crippen LogP contribution >= 0.6 is 0 Å². The van der Waals surface area contributed by atoms with Crippen LogP contribution in [0.2, 0.25) is 0 Å². The highest BCUT2D eigenvalue weighted by molar-refractivity contribution is 5.89. The minimum Gasteiger partial charge on any atom is -0.452 e. The fourth-order valence-corrected chi connectivity index (χ4v) is 2.37. The molecule has 0 aliphatic carbocycles. The van der Waals surface area contributed by atoms with Gasteiger partial charge in [-0.3, -0.25) is 4.79 Å². The van der Waals surface area contributed by atoms with Crippen molar-refractivity contribution in [2.75, 3.05) is 13.2 Å². The molecule has 0 amide bonds. The Hall–Kier alpha value is -2.23. The number of benzene rings is 1. The van der Waals surface area contributed by atoms with Crippen LogP contribution in [-0.4, -0.2) is 43.4 Å². The van der Waals surface area contributed by atoms with Gasteiger partial charge in [-0.1, -0.05) is 6.42 Å². The molecule has 1 aromatic carbocycles. The Morgan fingerprint density at radius 2 is 1.62 bits per heavy atom. The fraction of sp³-hybridized carbons (Fsp3) is 0.579. The number of carbonyl (C=O) groups is 2. The third-order valence-corrected chi connectivity index (χ3v) is 3.84. The van der Waals surface area contributed by atoms with Crippen molar-refractivity contribution in [1.82, 2.24) is 0 Å². The molecule has 0 saturated carbocycles. The van der Waals surface area contributed by atoms with Gasteiger partial charge in [0.05, 0.1) is 5.56 Å². The molecule has 0 aliphatic rings. The van der Waals surface area contributed by atoms with Gasteiger partial charge in [0.1, 0.15) is 5.75 Å². The van der Waals surface area contributed by atoms with E-state index in [1.165, 1.54) is 12.1 Å². The second kappa shape index (κ2) is 11.1. The molecule has 29 heavy (non-hydrogen) atoms. The second-order valence-electron chi connectivity index (χ2n) is 6.18. The zero-order valence-electron chi connectivity index (χ0n) is 16.1. The van der Waals surface area contributed by atoms with E-state index in [4.69, 9.17) is 9.47 Å². The highest BCUT2D eigenvalue weighted by Gasteiger charge is 2.63.